The third-order valence-corrected chi connectivity index (χ3v) is 7.78. The Morgan fingerprint density at radius 1 is 1.23 bits per heavy atom. The van der Waals surface area contributed by atoms with Crippen LogP contribution in [0.4, 0.5) is 5.82 Å². The number of anilines is 1. The number of thiophene rings is 1. The molecule has 5 rings (SSSR count). The highest BCUT2D eigenvalue weighted by Crippen LogP contribution is 2.45. The first-order chi connectivity index (χ1) is 15.1. The molecule has 1 unspecified atom stereocenters. The van der Waals surface area contributed by atoms with Gasteiger partial charge in [0.05, 0.1) is 21.4 Å². The number of carbonyl (C=O) groups excluding carboxylic acids is 1. The van der Waals surface area contributed by atoms with Gasteiger partial charge in [0.2, 0.25) is 0 Å². The van der Waals surface area contributed by atoms with E-state index in [9.17, 15) is 4.79 Å². The van der Waals surface area contributed by atoms with Gasteiger partial charge in [-0.05, 0) is 73.9 Å². The van der Waals surface area contributed by atoms with Gasteiger partial charge in [-0.3, -0.25) is 5.10 Å². The molecule has 0 radical (unpaired) electrons. The van der Waals surface area contributed by atoms with Crippen molar-refractivity contribution in [1.29, 1.82) is 0 Å². The van der Waals surface area contributed by atoms with Gasteiger partial charge >= 0.3 is 0 Å². The zero-order valence-electron chi connectivity index (χ0n) is 17.4. The fourth-order valence-corrected chi connectivity index (χ4v) is 6.30. The fourth-order valence-electron chi connectivity index (χ4n) is 4.05. The van der Waals surface area contributed by atoms with Crippen molar-refractivity contribution in [2.75, 3.05) is 5.32 Å². The van der Waals surface area contributed by atoms with E-state index in [0.717, 1.165) is 46.7 Å². The van der Waals surface area contributed by atoms with Crippen LogP contribution in [0.1, 0.15) is 48.1 Å². The largest absolute Gasteiger partial charge is 0.344 e. The zero-order chi connectivity index (χ0) is 21.4. The van der Waals surface area contributed by atoms with E-state index >= 15 is 0 Å². The summed E-state index contributed by atoms with van der Waals surface area (Å²) < 4.78 is 1.20. The van der Waals surface area contributed by atoms with Crippen LogP contribution in [0.25, 0.3) is 11.0 Å². The summed E-state index contributed by atoms with van der Waals surface area (Å²) in [6.45, 7) is 4.27. The smallest absolute Gasteiger partial charge is 0.172 e. The van der Waals surface area contributed by atoms with Crippen LogP contribution in [0.15, 0.2) is 57.2 Å². The van der Waals surface area contributed by atoms with Crippen molar-refractivity contribution < 1.29 is 4.79 Å². The van der Waals surface area contributed by atoms with E-state index in [2.05, 4.69) is 64.7 Å². The Kier molecular flexibility index (Phi) is 5.41. The minimum absolute atomic E-state index is 0.166. The molecule has 1 aliphatic heterocycles. The van der Waals surface area contributed by atoms with Crippen molar-refractivity contribution in [2.45, 2.75) is 48.4 Å². The number of allylic oxidation sites excluding steroid dienone is 2. The molecule has 158 valence electrons. The van der Waals surface area contributed by atoms with Crippen molar-refractivity contribution in [3.63, 3.8) is 0 Å². The molecule has 0 bridgehead atoms. The molecule has 1 aromatic carbocycles. The van der Waals surface area contributed by atoms with E-state index in [0.29, 0.717) is 6.42 Å². The average Bonchev–Trinajstić information content (AvgIpc) is 3.48. The van der Waals surface area contributed by atoms with Crippen molar-refractivity contribution in [3.8, 4) is 0 Å². The molecule has 4 aromatic rings. The molecule has 8 heteroatoms. The lowest BCUT2D eigenvalue weighted by Crippen LogP contribution is -2.16. The van der Waals surface area contributed by atoms with Gasteiger partial charge in [0, 0.05) is 28.5 Å². The predicted octanol–water partition coefficient (Wildman–Crippen LogP) is 6.01. The maximum Gasteiger partial charge on any atom is 0.172 e. The predicted molar refractivity (Wildman–Crippen MR) is 126 cm³/mol. The second-order valence-electron chi connectivity index (χ2n) is 7.80. The van der Waals surface area contributed by atoms with E-state index in [1.165, 1.54) is 25.9 Å². The van der Waals surface area contributed by atoms with Gasteiger partial charge in [0.1, 0.15) is 12.1 Å². The highest BCUT2D eigenvalue weighted by molar-refractivity contribution is 8.01. The Morgan fingerprint density at radius 2 is 2.13 bits per heavy atom. The molecular formula is C23H23N5OS2. The van der Waals surface area contributed by atoms with E-state index in [1.54, 1.807) is 23.1 Å². The lowest BCUT2D eigenvalue weighted by atomic mass is 9.87. The minimum atomic E-state index is 0.166. The summed E-state index contributed by atoms with van der Waals surface area (Å²) in [6, 6.07) is 10.6. The fraction of sp³-hybridized carbons (Fsp3) is 0.261. The van der Waals surface area contributed by atoms with Gasteiger partial charge in [-0.15, -0.1) is 11.3 Å². The molecule has 0 saturated heterocycles. The van der Waals surface area contributed by atoms with E-state index < -0.39 is 0 Å². The summed E-state index contributed by atoms with van der Waals surface area (Å²) in [4.78, 5) is 20.2. The topological polar surface area (TPSA) is 86.5 Å². The summed E-state index contributed by atoms with van der Waals surface area (Å²) in [5.74, 6) is 1.12. The van der Waals surface area contributed by atoms with Crippen molar-refractivity contribution in [2.24, 2.45) is 0 Å². The molecule has 31 heavy (non-hydrogen) atoms. The molecule has 4 heterocycles. The summed E-state index contributed by atoms with van der Waals surface area (Å²) in [6.07, 6.45) is 5.17. The Balaban J connectivity index is 1.42. The minimum Gasteiger partial charge on any atom is -0.344 e. The molecule has 0 fully saturated rings. The highest BCUT2D eigenvalue weighted by atomic mass is 32.2. The van der Waals surface area contributed by atoms with E-state index in [-0.39, 0.29) is 5.92 Å². The standard InChI is InChI=1S/C23H23N5OS2/c1-13-6-7-17-18(11-13)27-23(26-17)31-20-9-8-19(30-20)21-14(2)16(5-3-4-10-29)25-22-15(21)12-24-28-22/h6-12,21H,3-5H2,1-2H3,(H,26,27)(H2,24,25,28). The van der Waals surface area contributed by atoms with Crippen LogP contribution >= 0.6 is 23.1 Å². The molecule has 0 amide bonds. The highest BCUT2D eigenvalue weighted by Gasteiger charge is 2.29. The summed E-state index contributed by atoms with van der Waals surface area (Å²) >= 11 is 3.46. The first-order valence-corrected chi connectivity index (χ1v) is 11.9. The number of imidazole rings is 1. The van der Waals surface area contributed by atoms with Crippen LogP contribution in [0, 0.1) is 6.92 Å². The summed E-state index contributed by atoms with van der Waals surface area (Å²) in [5.41, 5.74) is 6.91. The van der Waals surface area contributed by atoms with Crippen LogP contribution < -0.4 is 5.32 Å². The SMILES string of the molecule is CC1=C(CCCC=O)Nc2[nH]ncc2C1c1ccc(Sc2nc3ccc(C)cc3[nH]2)s1. The van der Waals surface area contributed by atoms with Crippen LogP contribution in [-0.2, 0) is 4.79 Å². The monoisotopic (exact) mass is 449 g/mol. The van der Waals surface area contributed by atoms with Crippen molar-refractivity contribution in [1.82, 2.24) is 20.2 Å². The normalized spacial score (nSPS) is 15.9. The maximum atomic E-state index is 10.7. The van der Waals surface area contributed by atoms with Crippen molar-refractivity contribution >= 4 is 46.2 Å². The Bertz CT molecular complexity index is 1280. The van der Waals surface area contributed by atoms with Gasteiger partial charge in [-0.25, -0.2) is 4.98 Å². The van der Waals surface area contributed by atoms with Gasteiger partial charge in [-0.2, -0.15) is 5.10 Å². The molecule has 3 N–H and O–H groups in total. The molecule has 6 nitrogen and oxygen atoms in total. The number of rotatable bonds is 7. The Hall–Kier alpha value is -2.84. The van der Waals surface area contributed by atoms with Crippen LogP contribution in [0.3, 0.4) is 0 Å². The van der Waals surface area contributed by atoms with Gasteiger partial charge in [0.25, 0.3) is 0 Å². The van der Waals surface area contributed by atoms with Gasteiger partial charge in [-0.1, -0.05) is 6.07 Å². The number of fused-ring (bicyclic) bond motifs is 2. The third-order valence-electron chi connectivity index (χ3n) is 5.61. The lowest BCUT2D eigenvalue weighted by Gasteiger charge is -2.27. The number of hydrogen-bond acceptors (Lipinski definition) is 6. The number of nitrogens with one attached hydrogen (secondary N) is 3. The van der Waals surface area contributed by atoms with Crippen LogP contribution in [0.2, 0.25) is 0 Å². The maximum absolute atomic E-state index is 10.7. The Morgan fingerprint density at radius 3 is 3.00 bits per heavy atom. The first-order valence-electron chi connectivity index (χ1n) is 10.3. The number of unbranched alkanes of at least 4 members (excludes halogenated alkanes) is 1. The zero-order valence-corrected chi connectivity index (χ0v) is 19.0. The van der Waals surface area contributed by atoms with Crippen LogP contribution in [0.5, 0.6) is 0 Å². The number of H-pyrrole nitrogens is 2. The Labute approximate surface area is 188 Å². The molecule has 0 aliphatic carbocycles. The number of carbonyl (C=O) groups is 1. The summed E-state index contributed by atoms with van der Waals surface area (Å²) in [7, 11) is 0. The number of hydrogen-bond donors (Lipinski definition) is 3. The summed E-state index contributed by atoms with van der Waals surface area (Å²) in [5, 5.41) is 11.7. The number of aryl methyl sites for hydroxylation is 1. The molecular weight excluding hydrogens is 426 g/mol. The second kappa shape index (κ2) is 8.36. The number of nitrogens with zero attached hydrogens (tertiary/aromatic N) is 2. The molecule has 1 atom stereocenters. The van der Waals surface area contributed by atoms with E-state index in [4.69, 9.17) is 4.98 Å². The lowest BCUT2D eigenvalue weighted by molar-refractivity contribution is -0.107. The molecule has 1 aliphatic rings. The number of aromatic amines is 2. The first kappa shape index (κ1) is 20.1. The molecule has 3 aromatic heterocycles. The van der Waals surface area contributed by atoms with E-state index in [1.807, 2.05) is 6.20 Å². The number of aldehydes is 1. The third kappa shape index (κ3) is 3.93. The molecule has 0 spiro atoms. The molecule has 0 saturated carbocycles. The van der Waals surface area contributed by atoms with Gasteiger partial charge in [0.15, 0.2) is 5.16 Å². The van der Waals surface area contributed by atoms with Crippen molar-refractivity contribution in [3.05, 3.63) is 63.8 Å². The van der Waals surface area contributed by atoms with Crippen LogP contribution in [-0.4, -0.2) is 26.5 Å². The second-order valence-corrected chi connectivity index (χ2v) is 10.2. The quantitative estimate of drug-likeness (QED) is 0.238. The number of aromatic nitrogens is 4. The number of benzene rings is 1. The average molecular weight is 450 g/mol. The van der Waals surface area contributed by atoms with Gasteiger partial charge < -0.3 is 15.1 Å².